The predicted octanol–water partition coefficient (Wildman–Crippen LogP) is 2.34. The van der Waals surface area contributed by atoms with Gasteiger partial charge >= 0.3 is 0 Å². The maximum Gasteiger partial charge on any atom is 0.139 e. The van der Waals surface area contributed by atoms with Crippen molar-refractivity contribution in [1.29, 1.82) is 0 Å². The molecule has 1 aliphatic rings. The van der Waals surface area contributed by atoms with Gasteiger partial charge in [0.15, 0.2) is 0 Å². The van der Waals surface area contributed by atoms with Crippen LogP contribution in [0.15, 0.2) is 36.7 Å². The number of hydrogen-bond donors (Lipinski definition) is 1. The summed E-state index contributed by atoms with van der Waals surface area (Å²) in [5, 5.41) is 3.53. The van der Waals surface area contributed by atoms with Gasteiger partial charge in [-0.3, -0.25) is 0 Å². The number of rotatable bonds is 4. The molecule has 3 nitrogen and oxygen atoms in total. The Balaban J connectivity index is 1.80. The maximum atomic E-state index is 4.38. The molecule has 0 aliphatic heterocycles. The van der Waals surface area contributed by atoms with E-state index in [1.165, 1.54) is 24.0 Å². The molecule has 1 aliphatic carbocycles. The predicted molar refractivity (Wildman–Crippen MR) is 68.5 cm³/mol. The average Bonchev–Trinajstić information content (AvgIpc) is 3.08. The smallest absolute Gasteiger partial charge is 0.139 e. The summed E-state index contributed by atoms with van der Waals surface area (Å²) >= 11 is 0. The van der Waals surface area contributed by atoms with Crippen LogP contribution in [0.4, 0.5) is 0 Å². The van der Waals surface area contributed by atoms with Gasteiger partial charge in [0, 0.05) is 37.6 Å². The largest absolute Gasteiger partial charge is 0.334 e. The van der Waals surface area contributed by atoms with Crippen LogP contribution >= 0.6 is 0 Å². The van der Waals surface area contributed by atoms with Crippen molar-refractivity contribution in [2.24, 2.45) is 7.05 Å². The average molecular weight is 227 g/mol. The van der Waals surface area contributed by atoms with Gasteiger partial charge in [-0.15, -0.1) is 0 Å². The molecule has 1 saturated carbocycles. The molecule has 1 fully saturated rings. The van der Waals surface area contributed by atoms with Crippen molar-refractivity contribution >= 4 is 0 Å². The minimum atomic E-state index is 0.756. The fourth-order valence-electron chi connectivity index (χ4n) is 2.01. The van der Waals surface area contributed by atoms with Crippen molar-refractivity contribution in [3.8, 4) is 11.4 Å². The van der Waals surface area contributed by atoms with Crippen molar-refractivity contribution in [3.63, 3.8) is 0 Å². The van der Waals surface area contributed by atoms with Gasteiger partial charge in [-0.25, -0.2) is 4.98 Å². The molecular weight excluding hydrogens is 210 g/mol. The Morgan fingerprint density at radius 3 is 3.00 bits per heavy atom. The monoisotopic (exact) mass is 227 g/mol. The Morgan fingerprint density at radius 1 is 1.41 bits per heavy atom. The van der Waals surface area contributed by atoms with Crippen molar-refractivity contribution in [3.05, 3.63) is 42.2 Å². The van der Waals surface area contributed by atoms with E-state index in [9.17, 15) is 0 Å². The molecule has 0 atom stereocenters. The minimum Gasteiger partial charge on any atom is -0.334 e. The van der Waals surface area contributed by atoms with Crippen LogP contribution in [0.5, 0.6) is 0 Å². The molecule has 1 aromatic heterocycles. The molecule has 0 unspecified atom stereocenters. The van der Waals surface area contributed by atoms with Gasteiger partial charge in [-0.1, -0.05) is 18.2 Å². The van der Waals surface area contributed by atoms with E-state index in [2.05, 4.69) is 34.6 Å². The Hall–Kier alpha value is -1.61. The summed E-state index contributed by atoms with van der Waals surface area (Å²) in [5.74, 6) is 1.03. The Labute approximate surface area is 101 Å². The molecule has 0 amide bonds. The quantitative estimate of drug-likeness (QED) is 0.869. The van der Waals surface area contributed by atoms with E-state index in [1.807, 2.05) is 24.0 Å². The third-order valence-electron chi connectivity index (χ3n) is 3.18. The second-order valence-corrected chi connectivity index (χ2v) is 4.72. The Bertz CT molecular complexity index is 512. The van der Waals surface area contributed by atoms with Crippen LogP contribution in [-0.4, -0.2) is 15.6 Å². The highest BCUT2D eigenvalue weighted by molar-refractivity contribution is 5.56. The van der Waals surface area contributed by atoms with Gasteiger partial charge in [-0.05, 0) is 24.5 Å². The lowest BCUT2D eigenvalue weighted by molar-refractivity contribution is 0.688. The molecule has 17 heavy (non-hydrogen) atoms. The van der Waals surface area contributed by atoms with Gasteiger partial charge < -0.3 is 9.88 Å². The lowest BCUT2D eigenvalue weighted by atomic mass is 10.1. The molecule has 88 valence electrons. The summed E-state index contributed by atoms with van der Waals surface area (Å²) < 4.78 is 2.05. The Morgan fingerprint density at radius 2 is 2.29 bits per heavy atom. The molecule has 0 saturated heterocycles. The fourth-order valence-corrected chi connectivity index (χ4v) is 2.01. The number of aromatic nitrogens is 2. The summed E-state index contributed by atoms with van der Waals surface area (Å²) in [6.07, 6.45) is 6.48. The van der Waals surface area contributed by atoms with Crippen molar-refractivity contribution in [2.75, 3.05) is 0 Å². The molecule has 1 N–H and O–H groups in total. The van der Waals surface area contributed by atoms with E-state index in [4.69, 9.17) is 0 Å². The van der Waals surface area contributed by atoms with Crippen molar-refractivity contribution in [1.82, 2.24) is 14.9 Å². The van der Waals surface area contributed by atoms with Crippen molar-refractivity contribution < 1.29 is 0 Å². The van der Waals surface area contributed by atoms with E-state index in [0.29, 0.717) is 0 Å². The highest BCUT2D eigenvalue weighted by Gasteiger charge is 2.19. The van der Waals surface area contributed by atoms with Crippen LogP contribution in [0.2, 0.25) is 0 Å². The number of benzene rings is 1. The molecule has 1 heterocycles. The summed E-state index contributed by atoms with van der Waals surface area (Å²) in [5.41, 5.74) is 2.52. The van der Waals surface area contributed by atoms with Gasteiger partial charge in [0.05, 0.1) is 0 Å². The van der Waals surface area contributed by atoms with Gasteiger partial charge in [0.2, 0.25) is 0 Å². The van der Waals surface area contributed by atoms with Crippen LogP contribution in [0.3, 0.4) is 0 Å². The third kappa shape index (κ3) is 2.39. The first-order valence-corrected chi connectivity index (χ1v) is 6.13. The molecule has 0 bridgehead atoms. The first-order valence-electron chi connectivity index (χ1n) is 6.13. The van der Waals surface area contributed by atoms with E-state index < -0.39 is 0 Å². The highest BCUT2D eigenvalue weighted by Crippen LogP contribution is 2.21. The van der Waals surface area contributed by atoms with E-state index in [0.717, 1.165) is 18.4 Å². The molecule has 3 rings (SSSR count). The number of nitrogens with zero attached hydrogens (tertiary/aromatic N) is 2. The van der Waals surface area contributed by atoms with Gasteiger partial charge in [0.25, 0.3) is 0 Å². The van der Waals surface area contributed by atoms with Gasteiger partial charge in [-0.2, -0.15) is 0 Å². The number of nitrogens with one attached hydrogen (secondary N) is 1. The molecular formula is C14H17N3. The normalized spacial score (nSPS) is 15.1. The van der Waals surface area contributed by atoms with Crippen LogP contribution in [0.25, 0.3) is 11.4 Å². The lowest BCUT2D eigenvalue weighted by Crippen LogP contribution is -2.15. The van der Waals surface area contributed by atoms with Crippen molar-refractivity contribution in [2.45, 2.75) is 25.4 Å². The van der Waals surface area contributed by atoms with Crippen LogP contribution in [0.1, 0.15) is 18.4 Å². The topological polar surface area (TPSA) is 29.9 Å². The molecule has 2 aromatic rings. The van der Waals surface area contributed by atoms with E-state index in [1.54, 1.807) is 0 Å². The summed E-state index contributed by atoms with van der Waals surface area (Å²) in [6.45, 7) is 0.961. The van der Waals surface area contributed by atoms with E-state index >= 15 is 0 Å². The second kappa shape index (κ2) is 4.34. The standard InChI is InChI=1S/C14H17N3/c1-17-8-7-15-14(17)12-4-2-3-11(9-12)10-16-13-5-6-13/h2-4,7-9,13,16H,5-6,10H2,1H3. The number of aryl methyl sites for hydroxylation is 1. The van der Waals surface area contributed by atoms with Gasteiger partial charge in [0.1, 0.15) is 5.82 Å². The number of imidazole rings is 1. The SMILES string of the molecule is Cn1ccnc1-c1cccc(CNC2CC2)c1. The summed E-state index contributed by atoms with van der Waals surface area (Å²) in [6, 6.07) is 9.36. The van der Waals surface area contributed by atoms with E-state index in [-0.39, 0.29) is 0 Å². The first-order chi connectivity index (χ1) is 8.33. The lowest BCUT2D eigenvalue weighted by Gasteiger charge is -2.06. The first kappa shape index (κ1) is 10.5. The zero-order valence-corrected chi connectivity index (χ0v) is 10.1. The molecule has 1 aromatic carbocycles. The summed E-state index contributed by atoms with van der Waals surface area (Å²) in [7, 11) is 2.03. The zero-order valence-electron chi connectivity index (χ0n) is 10.1. The van der Waals surface area contributed by atoms with Crippen LogP contribution < -0.4 is 5.32 Å². The van der Waals surface area contributed by atoms with Crippen LogP contribution in [-0.2, 0) is 13.6 Å². The Kier molecular flexibility index (Phi) is 2.69. The third-order valence-corrected chi connectivity index (χ3v) is 3.18. The number of hydrogen-bond acceptors (Lipinski definition) is 2. The molecule has 0 radical (unpaired) electrons. The second-order valence-electron chi connectivity index (χ2n) is 4.72. The fraction of sp³-hybridized carbons (Fsp3) is 0.357. The highest BCUT2D eigenvalue weighted by atomic mass is 15.0. The maximum absolute atomic E-state index is 4.38. The molecule has 3 heteroatoms. The zero-order chi connectivity index (χ0) is 11.7. The minimum absolute atomic E-state index is 0.756. The van der Waals surface area contributed by atoms with Crippen LogP contribution in [0, 0.1) is 0 Å². The summed E-state index contributed by atoms with van der Waals surface area (Å²) in [4.78, 5) is 4.38. The molecule has 0 spiro atoms.